The fraction of sp³-hybridized carbons (Fsp3) is 0.875. The van der Waals surface area contributed by atoms with Crippen molar-refractivity contribution in [2.75, 3.05) is 6.61 Å². The first-order valence-corrected chi connectivity index (χ1v) is 8.06. The molecular formula is C16H24F4O3. The molecule has 0 heterocycles. The molecule has 0 aromatic heterocycles. The Labute approximate surface area is 133 Å². The van der Waals surface area contributed by atoms with Gasteiger partial charge in [0.25, 0.3) is 0 Å². The zero-order valence-corrected chi connectivity index (χ0v) is 13.3. The third kappa shape index (κ3) is 7.31. The normalized spacial score (nSPS) is 24.2. The molecule has 0 spiro atoms. The third-order valence-electron chi connectivity index (χ3n) is 4.29. The molecule has 0 aromatic rings. The topological polar surface area (TPSA) is 43.4 Å². The van der Waals surface area contributed by atoms with Crippen LogP contribution in [0.15, 0.2) is 0 Å². The van der Waals surface area contributed by atoms with Crippen LogP contribution in [0.2, 0.25) is 0 Å². The quantitative estimate of drug-likeness (QED) is 0.435. The molecule has 0 saturated heterocycles. The molecule has 0 radical (unpaired) electrons. The van der Waals surface area contributed by atoms with Gasteiger partial charge in [0.1, 0.15) is 6.29 Å². The SMILES string of the molecule is CCOC(=O)C1CCC(F)(F)CC1.O=CC1CCC(F)(F)CC1. The minimum absolute atomic E-state index is 0.111. The van der Waals surface area contributed by atoms with E-state index in [0.29, 0.717) is 19.4 Å². The predicted molar refractivity (Wildman–Crippen MR) is 76.5 cm³/mol. The fourth-order valence-corrected chi connectivity index (χ4v) is 2.73. The minimum Gasteiger partial charge on any atom is -0.466 e. The molecule has 134 valence electrons. The summed E-state index contributed by atoms with van der Waals surface area (Å²) in [5.41, 5.74) is 0. The van der Waals surface area contributed by atoms with Crippen LogP contribution >= 0.6 is 0 Å². The van der Waals surface area contributed by atoms with E-state index in [0.717, 1.165) is 6.29 Å². The summed E-state index contributed by atoms with van der Waals surface area (Å²) < 4.78 is 54.9. The smallest absolute Gasteiger partial charge is 0.308 e. The predicted octanol–water partition coefficient (Wildman–Crippen LogP) is 4.39. The van der Waals surface area contributed by atoms with Crippen molar-refractivity contribution < 1.29 is 31.9 Å². The Balaban J connectivity index is 0.000000238. The summed E-state index contributed by atoms with van der Waals surface area (Å²) >= 11 is 0. The van der Waals surface area contributed by atoms with E-state index in [1.54, 1.807) is 6.92 Å². The van der Waals surface area contributed by atoms with Crippen LogP contribution in [-0.2, 0) is 14.3 Å². The molecule has 2 rings (SSSR count). The van der Waals surface area contributed by atoms with Gasteiger partial charge in [-0.15, -0.1) is 0 Å². The van der Waals surface area contributed by atoms with E-state index in [1.165, 1.54) is 0 Å². The van der Waals surface area contributed by atoms with Gasteiger partial charge in [-0.05, 0) is 32.6 Å². The summed E-state index contributed by atoms with van der Waals surface area (Å²) in [7, 11) is 0. The summed E-state index contributed by atoms with van der Waals surface area (Å²) in [6, 6.07) is 0. The van der Waals surface area contributed by atoms with Gasteiger partial charge in [0.2, 0.25) is 11.8 Å². The van der Waals surface area contributed by atoms with Crippen LogP contribution in [-0.4, -0.2) is 30.7 Å². The van der Waals surface area contributed by atoms with E-state index in [1.807, 2.05) is 0 Å². The number of halogens is 4. The number of hydrogen-bond donors (Lipinski definition) is 0. The first kappa shape index (κ1) is 19.9. The summed E-state index contributed by atoms with van der Waals surface area (Å²) in [5, 5.41) is 0. The van der Waals surface area contributed by atoms with E-state index >= 15 is 0 Å². The van der Waals surface area contributed by atoms with E-state index in [9.17, 15) is 27.2 Å². The van der Waals surface area contributed by atoms with Crippen molar-refractivity contribution in [2.24, 2.45) is 11.8 Å². The number of esters is 1. The third-order valence-corrected chi connectivity index (χ3v) is 4.29. The Hall–Kier alpha value is -1.14. The minimum atomic E-state index is -2.57. The Morgan fingerprint density at radius 1 is 1.00 bits per heavy atom. The van der Waals surface area contributed by atoms with Gasteiger partial charge in [0, 0.05) is 31.6 Å². The highest BCUT2D eigenvalue weighted by atomic mass is 19.3. The first-order valence-electron chi connectivity index (χ1n) is 8.06. The molecule has 0 bridgehead atoms. The largest absolute Gasteiger partial charge is 0.466 e. The van der Waals surface area contributed by atoms with Crippen LogP contribution in [0.1, 0.15) is 58.3 Å². The van der Waals surface area contributed by atoms with Crippen LogP contribution in [0.3, 0.4) is 0 Å². The molecule has 3 nitrogen and oxygen atoms in total. The van der Waals surface area contributed by atoms with Crippen molar-refractivity contribution >= 4 is 12.3 Å². The number of hydrogen-bond acceptors (Lipinski definition) is 3. The molecule has 2 aliphatic rings. The highest BCUT2D eigenvalue weighted by Crippen LogP contribution is 2.36. The summed E-state index contributed by atoms with van der Waals surface area (Å²) in [4.78, 5) is 21.3. The second-order valence-corrected chi connectivity index (χ2v) is 6.21. The van der Waals surface area contributed by atoms with E-state index in [-0.39, 0.29) is 56.3 Å². The molecule has 0 amide bonds. The maximum Gasteiger partial charge on any atom is 0.308 e. The molecule has 0 aliphatic heterocycles. The molecule has 0 aromatic carbocycles. The van der Waals surface area contributed by atoms with Crippen LogP contribution in [0, 0.1) is 11.8 Å². The van der Waals surface area contributed by atoms with Crippen molar-refractivity contribution in [3.63, 3.8) is 0 Å². The standard InChI is InChI=1S/C9H14F2O2.C7H10F2O/c1-2-13-8(12)7-3-5-9(10,11)6-4-7;8-7(9)3-1-6(5-10)2-4-7/h7H,2-6H2,1H3;5-6H,1-4H2. The maximum absolute atomic E-state index is 12.7. The molecule has 7 heteroatoms. The Morgan fingerprint density at radius 2 is 1.43 bits per heavy atom. The molecule has 0 unspecified atom stereocenters. The van der Waals surface area contributed by atoms with Crippen molar-refractivity contribution in [3.05, 3.63) is 0 Å². The first-order chi connectivity index (χ1) is 10.7. The maximum atomic E-state index is 12.7. The van der Waals surface area contributed by atoms with E-state index in [4.69, 9.17) is 4.74 Å². The van der Waals surface area contributed by atoms with E-state index in [2.05, 4.69) is 0 Å². The molecule has 0 atom stereocenters. The molecular weight excluding hydrogens is 316 g/mol. The van der Waals surface area contributed by atoms with Gasteiger partial charge in [-0.3, -0.25) is 4.79 Å². The molecule has 2 fully saturated rings. The molecule has 2 saturated carbocycles. The summed E-state index contributed by atoms with van der Waals surface area (Å²) in [5.74, 6) is -5.81. The van der Waals surface area contributed by atoms with Crippen molar-refractivity contribution in [1.82, 2.24) is 0 Å². The number of alkyl halides is 4. The number of aldehydes is 1. The van der Waals surface area contributed by atoms with Crippen LogP contribution in [0.5, 0.6) is 0 Å². The molecule has 23 heavy (non-hydrogen) atoms. The lowest BCUT2D eigenvalue weighted by molar-refractivity contribution is -0.152. The fourth-order valence-electron chi connectivity index (χ4n) is 2.73. The van der Waals surface area contributed by atoms with Gasteiger partial charge < -0.3 is 9.53 Å². The summed E-state index contributed by atoms with van der Waals surface area (Å²) in [6.45, 7) is 2.04. The Bertz CT molecular complexity index is 379. The van der Waals surface area contributed by atoms with Crippen molar-refractivity contribution in [1.29, 1.82) is 0 Å². The van der Waals surface area contributed by atoms with Gasteiger partial charge in [0.05, 0.1) is 12.5 Å². The van der Waals surface area contributed by atoms with Gasteiger partial charge in [-0.25, -0.2) is 17.6 Å². The lowest BCUT2D eigenvalue weighted by atomic mass is 9.87. The number of carbonyl (C=O) groups is 2. The summed E-state index contributed by atoms with van der Waals surface area (Å²) in [6.07, 6.45) is 1.42. The number of carbonyl (C=O) groups excluding carboxylic acids is 2. The van der Waals surface area contributed by atoms with Gasteiger partial charge in [0.15, 0.2) is 0 Å². The zero-order valence-electron chi connectivity index (χ0n) is 13.3. The van der Waals surface area contributed by atoms with Crippen molar-refractivity contribution in [3.8, 4) is 0 Å². The van der Waals surface area contributed by atoms with Crippen LogP contribution in [0.25, 0.3) is 0 Å². The average Bonchev–Trinajstić information content (AvgIpc) is 2.48. The lowest BCUT2D eigenvalue weighted by Crippen LogP contribution is -2.29. The van der Waals surface area contributed by atoms with Crippen molar-refractivity contribution in [2.45, 2.75) is 70.1 Å². The second-order valence-electron chi connectivity index (χ2n) is 6.21. The average molecular weight is 340 g/mol. The van der Waals surface area contributed by atoms with Gasteiger partial charge >= 0.3 is 5.97 Å². The zero-order chi connectivity index (χ0) is 17.5. The highest BCUT2D eigenvalue weighted by molar-refractivity contribution is 5.72. The lowest BCUT2D eigenvalue weighted by Gasteiger charge is -2.26. The van der Waals surface area contributed by atoms with E-state index < -0.39 is 11.8 Å². The van der Waals surface area contributed by atoms with Gasteiger partial charge in [-0.2, -0.15) is 0 Å². The van der Waals surface area contributed by atoms with Crippen LogP contribution < -0.4 is 0 Å². The number of rotatable bonds is 3. The number of ether oxygens (including phenoxy) is 1. The monoisotopic (exact) mass is 340 g/mol. The highest BCUT2D eigenvalue weighted by Gasteiger charge is 2.37. The van der Waals surface area contributed by atoms with Crippen LogP contribution in [0.4, 0.5) is 17.6 Å². The van der Waals surface area contributed by atoms with Gasteiger partial charge in [-0.1, -0.05) is 0 Å². The molecule has 2 aliphatic carbocycles. The second kappa shape index (κ2) is 8.64. The molecule has 0 N–H and O–H groups in total. The Morgan fingerprint density at radius 3 is 1.83 bits per heavy atom. The Kier molecular flexibility index (Phi) is 7.48.